The van der Waals surface area contributed by atoms with Crippen LogP contribution in [0.1, 0.15) is 144 Å². The van der Waals surface area contributed by atoms with Gasteiger partial charge < -0.3 is 39.0 Å². The van der Waals surface area contributed by atoms with E-state index in [9.17, 15) is 29.7 Å². The Hall–Kier alpha value is -5.80. The Morgan fingerprint density at radius 3 is 1.25 bits per heavy atom. The molecule has 0 bridgehead atoms. The molecule has 6 aromatic carbocycles. The molecule has 10 rings (SSSR count). The molecule has 2 amide bonds. The Labute approximate surface area is 558 Å². The van der Waals surface area contributed by atoms with Crippen LogP contribution in [0.4, 0.5) is 8.78 Å². The SMILES string of the molecule is CC[C@@](O)(c1cc(F)c2c(c1)C(=O)N([C@H](c1ccc(Cl)cc1)[C@H](C)C(=O)O)[C@@]2(OC)c1ccc(Cl)cc1)C1CCOCC1.CC[C@@](O)(c1cc(F)c2c(c1)C(=O)N([C@H](c1ccc(Cl)cc1)[C@H](C)C(=O)OCC[Si](C)(C)C)[C@@]2(OC)c1ccc(Cl)cc1)C1CCOCC1. The van der Waals surface area contributed by atoms with Gasteiger partial charge >= 0.3 is 11.9 Å². The number of carboxylic acid groups (broad SMARTS) is 1. The molecule has 4 aliphatic heterocycles. The minimum absolute atomic E-state index is 0.00485. The van der Waals surface area contributed by atoms with Gasteiger partial charge in [-0.25, -0.2) is 8.78 Å². The summed E-state index contributed by atoms with van der Waals surface area (Å²) < 4.78 is 63.1. The lowest BCUT2D eigenvalue weighted by molar-refractivity contribution is -0.155. The molecule has 21 heteroatoms. The van der Waals surface area contributed by atoms with Crippen LogP contribution < -0.4 is 0 Å². The maximum atomic E-state index is 17.0. The van der Waals surface area contributed by atoms with Crippen molar-refractivity contribution in [2.45, 2.75) is 127 Å². The summed E-state index contributed by atoms with van der Waals surface area (Å²) in [5.74, 6) is -6.74. The molecule has 2 fully saturated rings. The van der Waals surface area contributed by atoms with Crippen molar-refractivity contribution in [3.8, 4) is 0 Å². The van der Waals surface area contributed by atoms with Crippen LogP contribution in [-0.2, 0) is 55.9 Å². The van der Waals surface area contributed by atoms with Crippen LogP contribution in [0.3, 0.4) is 0 Å². The predicted octanol–water partition coefficient (Wildman–Crippen LogP) is 15.6. The monoisotopic (exact) mass is 1360 g/mol. The molecular weight excluding hydrogens is 1280 g/mol. The van der Waals surface area contributed by atoms with Gasteiger partial charge in [0.25, 0.3) is 11.8 Å². The quantitative estimate of drug-likeness (QED) is 0.0459. The Morgan fingerprint density at radius 2 is 0.935 bits per heavy atom. The molecule has 14 nitrogen and oxygen atoms in total. The third-order valence-corrected chi connectivity index (χ3v) is 21.9. The first-order valence-corrected chi connectivity index (χ1v) is 36.4. The number of rotatable bonds is 21. The van der Waals surface area contributed by atoms with Gasteiger partial charge in [-0.1, -0.05) is 128 Å². The lowest BCUT2D eigenvalue weighted by Crippen LogP contribution is -2.51. The van der Waals surface area contributed by atoms with Gasteiger partial charge in [0, 0.05) is 79.9 Å². The van der Waals surface area contributed by atoms with Crippen LogP contribution in [0, 0.1) is 35.3 Å². The van der Waals surface area contributed by atoms with Crippen molar-refractivity contribution in [3.05, 3.63) is 209 Å². The number of aliphatic hydroxyl groups is 2. The van der Waals surface area contributed by atoms with Crippen LogP contribution in [0.25, 0.3) is 0 Å². The second-order valence-electron chi connectivity index (χ2n) is 25.5. The predicted molar refractivity (Wildman–Crippen MR) is 353 cm³/mol. The van der Waals surface area contributed by atoms with E-state index in [1.165, 1.54) is 49.1 Å². The van der Waals surface area contributed by atoms with Crippen LogP contribution in [-0.4, -0.2) is 104 Å². The second kappa shape index (κ2) is 28.6. The standard InChI is InChI=1S/C38H46Cl2FNO6Si.C33H34Cl2FNO6/c1-7-37(45,26-16-18-47-19-17-26)28-22-31-33(32(41)23-28)38(46-3,27-10-14-30(40)15-11-27)42(35(31)43)34(25-8-12-29(39)13-9-25)24(2)36(44)48-20-21-49(4,5)6;1-4-32(41,21-13-15-43-16-14-21)23-17-26-28(27(36)18-23)33(42-3,22-7-11-25(35)12-8-22)37(30(26)38)29(19(2)31(39)40)20-5-9-24(34)10-6-20/h8-15,22-24,26,34,45H,7,16-21H2,1-6H3;5-12,17-19,21,29,41H,4,13-16H2,1-3H3,(H,39,40)/t24-,34-,37-,38+;19-,29-,32-,33+/m00/s1. The van der Waals surface area contributed by atoms with E-state index in [2.05, 4.69) is 19.6 Å². The maximum absolute atomic E-state index is 17.0. The first kappa shape index (κ1) is 70.5. The molecule has 0 saturated carbocycles. The van der Waals surface area contributed by atoms with Crippen LogP contribution >= 0.6 is 46.4 Å². The van der Waals surface area contributed by atoms with Gasteiger partial charge in [0.15, 0.2) is 11.4 Å². The summed E-state index contributed by atoms with van der Waals surface area (Å²) in [5.41, 5.74) is -4.05. The number of carbonyl (C=O) groups is 4. The Bertz CT molecular complexity index is 3650. The number of amides is 2. The summed E-state index contributed by atoms with van der Waals surface area (Å²) in [7, 11) is 1.25. The fraction of sp³-hybridized carbons (Fsp3) is 0.437. The molecule has 0 unspecified atom stereocenters. The minimum Gasteiger partial charge on any atom is -0.481 e. The van der Waals surface area contributed by atoms with E-state index in [4.69, 9.17) is 70.1 Å². The number of nitrogens with zero attached hydrogens (tertiary/aromatic N) is 2. The lowest BCUT2D eigenvalue weighted by Gasteiger charge is -2.44. The van der Waals surface area contributed by atoms with Crippen molar-refractivity contribution in [1.29, 1.82) is 0 Å². The molecule has 0 aromatic heterocycles. The second-order valence-corrected chi connectivity index (χ2v) is 32.9. The molecule has 8 atom stereocenters. The fourth-order valence-corrected chi connectivity index (χ4v) is 15.2. The van der Waals surface area contributed by atoms with E-state index >= 15 is 13.6 Å². The zero-order chi connectivity index (χ0) is 66.8. The van der Waals surface area contributed by atoms with Crippen molar-refractivity contribution in [3.63, 3.8) is 0 Å². The number of ether oxygens (including phenoxy) is 5. The number of esters is 1. The van der Waals surface area contributed by atoms with Crippen LogP contribution in [0.15, 0.2) is 121 Å². The third-order valence-electron chi connectivity index (χ3n) is 19.2. The number of aliphatic carboxylic acids is 1. The molecular formula is C71H80Cl4F2N2O12Si. The third kappa shape index (κ3) is 13.3. The number of carbonyl (C=O) groups excluding carboxylic acids is 3. The van der Waals surface area contributed by atoms with Gasteiger partial charge in [-0.2, -0.15) is 0 Å². The number of benzene rings is 6. The molecule has 0 radical (unpaired) electrons. The molecule has 492 valence electrons. The van der Waals surface area contributed by atoms with Crippen LogP contribution in [0.5, 0.6) is 0 Å². The van der Waals surface area contributed by atoms with Gasteiger partial charge in [-0.05, 0) is 165 Å². The highest BCUT2D eigenvalue weighted by Gasteiger charge is 2.60. The summed E-state index contributed by atoms with van der Waals surface area (Å²) >= 11 is 25.0. The van der Waals surface area contributed by atoms with E-state index in [-0.39, 0.29) is 46.3 Å². The first-order valence-electron chi connectivity index (χ1n) is 31.2. The fourth-order valence-electron chi connectivity index (χ4n) is 14.0. The number of carboxylic acids is 1. The molecule has 4 heterocycles. The van der Waals surface area contributed by atoms with Gasteiger partial charge in [0.05, 0.1) is 64.0 Å². The van der Waals surface area contributed by atoms with Gasteiger partial charge in [0.2, 0.25) is 0 Å². The van der Waals surface area contributed by atoms with Crippen molar-refractivity contribution >= 4 is 78.2 Å². The Morgan fingerprint density at radius 1 is 0.598 bits per heavy atom. The van der Waals surface area contributed by atoms with Gasteiger partial charge in [-0.15, -0.1) is 0 Å². The molecule has 6 aromatic rings. The first-order chi connectivity index (χ1) is 43.7. The number of halogens is 6. The van der Waals surface area contributed by atoms with E-state index in [1.54, 1.807) is 110 Å². The number of hydrogen-bond donors (Lipinski definition) is 3. The van der Waals surface area contributed by atoms with Crippen molar-refractivity contribution in [2.24, 2.45) is 23.7 Å². The van der Waals surface area contributed by atoms with Gasteiger partial charge in [-0.3, -0.25) is 29.0 Å². The Balaban J connectivity index is 0.000000219. The number of fused-ring (bicyclic) bond motifs is 2. The highest BCUT2D eigenvalue weighted by Crippen LogP contribution is 2.56. The van der Waals surface area contributed by atoms with Crippen molar-refractivity contribution < 1.29 is 67.0 Å². The normalized spacial score (nSPS) is 21.3. The molecule has 2 saturated heterocycles. The van der Waals surface area contributed by atoms with Crippen LogP contribution in [0.2, 0.25) is 45.8 Å². The van der Waals surface area contributed by atoms with Crippen molar-refractivity contribution in [2.75, 3.05) is 47.3 Å². The average Bonchev–Trinajstić information content (AvgIpc) is 1.54. The van der Waals surface area contributed by atoms with E-state index in [0.717, 1.165) is 6.04 Å². The lowest BCUT2D eigenvalue weighted by atomic mass is 9.74. The van der Waals surface area contributed by atoms with E-state index in [1.807, 2.05) is 13.8 Å². The summed E-state index contributed by atoms with van der Waals surface area (Å²) in [6, 6.07) is 30.9. The zero-order valence-corrected chi connectivity index (χ0v) is 57.2. The maximum Gasteiger partial charge on any atom is 0.311 e. The highest BCUT2D eigenvalue weighted by atomic mass is 35.5. The average molecular weight is 1360 g/mol. The van der Waals surface area contributed by atoms with E-state index < -0.39 is 90.0 Å². The molecule has 92 heavy (non-hydrogen) atoms. The summed E-state index contributed by atoms with van der Waals surface area (Å²) in [6.45, 7) is 15.7. The number of hydrogen-bond acceptors (Lipinski definition) is 11. The summed E-state index contributed by atoms with van der Waals surface area (Å²) in [4.78, 5) is 58.8. The largest absolute Gasteiger partial charge is 0.481 e. The summed E-state index contributed by atoms with van der Waals surface area (Å²) in [6.07, 6.45) is 2.99. The molecule has 0 aliphatic carbocycles. The zero-order valence-electron chi connectivity index (χ0n) is 53.2. The van der Waals surface area contributed by atoms with E-state index in [0.29, 0.717) is 113 Å². The highest BCUT2D eigenvalue weighted by molar-refractivity contribution is 6.76. The smallest absolute Gasteiger partial charge is 0.311 e. The van der Waals surface area contributed by atoms with Crippen molar-refractivity contribution in [1.82, 2.24) is 9.80 Å². The summed E-state index contributed by atoms with van der Waals surface area (Å²) in [5, 5.41) is 36.0. The molecule has 0 spiro atoms. The number of methoxy groups -OCH3 is 2. The topological polar surface area (TPSA) is 182 Å². The van der Waals surface area contributed by atoms with Gasteiger partial charge in [0.1, 0.15) is 11.6 Å². The molecule has 3 N–H and O–H groups in total. The minimum atomic E-state index is -1.86. The molecule has 4 aliphatic rings. The Kier molecular flexibility index (Phi) is 22.0.